The van der Waals surface area contributed by atoms with Crippen molar-refractivity contribution in [2.75, 3.05) is 0 Å². The van der Waals surface area contributed by atoms with Crippen molar-refractivity contribution in [3.05, 3.63) is 31.6 Å². The Morgan fingerprint density at radius 3 is 2.46 bits per heavy atom. The molecule has 2 nitrogen and oxygen atoms in total. The van der Waals surface area contributed by atoms with Crippen LogP contribution in [0.4, 0.5) is 0 Å². The van der Waals surface area contributed by atoms with E-state index in [1.165, 1.54) is 25.7 Å². The molecule has 0 aromatic heterocycles. The van der Waals surface area contributed by atoms with Crippen molar-refractivity contribution < 1.29 is 10.2 Å². The van der Waals surface area contributed by atoms with Gasteiger partial charge in [-0.25, -0.2) is 0 Å². The normalized spacial score (nSPS) is 53.6. The Morgan fingerprint density at radius 1 is 0.929 bits per heavy atom. The van der Waals surface area contributed by atoms with Crippen LogP contribution in [0.15, 0.2) is 0 Å². The van der Waals surface area contributed by atoms with Crippen LogP contribution in [0.1, 0.15) is 71.6 Å². The highest BCUT2D eigenvalue weighted by atomic mass is 16.3. The summed E-state index contributed by atoms with van der Waals surface area (Å²) >= 11 is 0. The molecule has 5 saturated carbocycles. The Kier molecular flexibility index (Phi) is 4.68. The molecular formula is C26H35O2. The number of aliphatic hydroxyl groups excluding tert-OH is 1. The second kappa shape index (κ2) is 6.75. The molecule has 0 spiro atoms. The molecule has 28 heavy (non-hydrogen) atoms. The molecule has 2 heteroatoms. The first kappa shape index (κ1) is 19.4. The Bertz CT molecular complexity index is 670. The molecule has 0 heterocycles. The standard InChI is InChI=1S/C26H35O2/c1-24-13-10-20(27)17-19(24)7-8-21-22(24)11-14-25(2)23(21)12-16-26(25,28)15-9-18-5-3-4-6-18/h3-6,19-23,27-28H,7-8,10-14,16-17H2,1-2H3/t19-,20-,21+,22-,23-,24-,25-,26-/m0/s1. The molecule has 5 rings (SSSR count). The van der Waals surface area contributed by atoms with Crippen molar-refractivity contribution in [1.82, 2.24) is 0 Å². The molecular weight excluding hydrogens is 344 g/mol. The average Bonchev–Trinajstić information content (AvgIpc) is 3.28. The van der Waals surface area contributed by atoms with E-state index < -0.39 is 5.60 Å². The van der Waals surface area contributed by atoms with Crippen LogP contribution < -0.4 is 0 Å². The van der Waals surface area contributed by atoms with E-state index in [1.54, 1.807) is 0 Å². The molecule has 0 saturated heterocycles. The third-order valence-corrected chi connectivity index (χ3v) is 9.87. The van der Waals surface area contributed by atoms with Crippen LogP contribution in [0.5, 0.6) is 0 Å². The van der Waals surface area contributed by atoms with Crippen molar-refractivity contribution in [2.24, 2.45) is 34.5 Å². The maximum absolute atomic E-state index is 11.7. The minimum Gasteiger partial charge on any atom is -0.393 e. The minimum absolute atomic E-state index is 0.0773. The fraction of sp³-hybridized carbons (Fsp3) is 0.731. The predicted molar refractivity (Wildman–Crippen MR) is 111 cm³/mol. The first-order valence-corrected chi connectivity index (χ1v) is 11.5. The quantitative estimate of drug-likeness (QED) is 0.607. The van der Waals surface area contributed by atoms with Gasteiger partial charge in [0.15, 0.2) is 0 Å². The molecule has 0 amide bonds. The van der Waals surface area contributed by atoms with Gasteiger partial charge in [-0.3, -0.25) is 0 Å². The van der Waals surface area contributed by atoms with E-state index in [4.69, 9.17) is 0 Å². The van der Waals surface area contributed by atoms with Crippen molar-refractivity contribution in [3.63, 3.8) is 0 Å². The molecule has 5 aliphatic rings. The Morgan fingerprint density at radius 2 is 1.68 bits per heavy atom. The van der Waals surface area contributed by atoms with Crippen LogP contribution in [0.25, 0.3) is 0 Å². The van der Waals surface area contributed by atoms with Gasteiger partial charge in [0.1, 0.15) is 5.60 Å². The summed E-state index contributed by atoms with van der Waals surface area (Å²) in [6, 6.07) is 0. The molecule has 0 unspecified atom stereocenters. The summed E-state index contributed by atoms with van der Waals surface area (Å²) < 4.78 is 0. The minimum atomic E-state index is -0.847. The molecule has 0 aromatic rings. The Labute approximate surface area is 171 Å². The number of fused-ring (bicyclic) bond motifs is 5. The lowest BCUT2D eigenvalue weighted by molar-refractivity contribution is -0.144. The summed E-state index contributed by atoms with van der Waals surface area (Å²) in [5.74, 6) is 10.4. The Hall–Kier alpha value is -0.520. The maximum atomic E-state index is 11.7. The molecule has 0 aliphatic heterocycles. The highest BCUT2D eigenvalue weighted by Gasteiger charge is 2.64. The summed E-state index contributed by atoms with van der Waals surface area (Å²) in [4.78, 5) is 0. The summed E-state index contributed by atoms with van der Waals surface area (Å²) in [7, 11) is 0. The number of hydrogen-bond acceptors (Lipinski definition) is 2. The number of hydrogen-bond donors (Lipinski definition) is 2. The van der Waals surface area contributed by atoms with Gasteiger partial charge in [-0.1, -0.05) is 25.7 Å². The van der Waals surface area contributed by atoms with E-state index in [0.717, 1.165) is 49.9 Å². The fourth-order valence-corrected chi connectivity index (χ4v) is 8.09. The largest absolute Gasteiger partial charge is 0.393 e. The highest BCUT2D eigenvalue weighted by Crippen LogP contribution is 2.68. The van der Waals surface area contributed by atoms with Gasteiger partial charge in [0.2, 0.25) is 0 Å². The van der Waals surface area contributed by atoms with Crippen LogP contribution in [-0.4, -0.2) is 21.9 Å². The van der Waals surface area contributed by atoms with E-state index >= 15 is 0 Å². The lowest BCUT2D eigenvalue weighted by Crippen LogP contribution is -2.56. The van der Waals surface area contributed by atoms with Crippen LogP contribution in [0.3, 0.4) is 0 Å². The van der Waals surface area contributed by atoms with E-state index in [0.29, 0.717) is 17.3 Å². The van der Waals surface area contributed by atoms with Crippen LogP contribution in [0.2, 0.25) is 0 Å². The van der Waals surface area contributed by atoms with Crippen LogP contribution >= 0.6 is 0 Å². The van der Waals surface area contributed by atoms with E-state index in [-0.39, 0.29) is 11.5 Å². The zero-order valence-electron chi connectivity index (χ0n) is 17.5. The number of rotatable bonds is 0. The average molecular weight is 380 g/mol. The lowest BCUT2D eigenvalue weighted by Gasteiger charge is -2.61. The van der Waals surface area contributed by atoms with Gasteiger partial charge >= 0.3 is 0 Å². The van der Waals surface area contributed by atoms with E-state index in [1.807, 2.05) is 25.7 Å². The predicted octanol–water partition coefficient (Wildman–Crippen LogP) is 4.53. The zero-order valence-corrected chi connectivity index (χ0v) is 17.5. The number of aliphatic hydroxyl groups is 2. The van der Waals surface area contributed by atoms with Crippen LogP contribution in [-0.2, 0) is 0 Å². The van der Waals surface area contributed by atoms with Gasteiger partial charge in [-0.05, 0) is 113 Å². The Balaban J connectivity index is 1.39. The first-order chi connectivity index (χ1) is 13.4. The molecule has 151 valence electrons. The van der Waals surface area contributed by atoms with Crippen molar-refractivity contribution in [2.45, 2.75) is 83.3 Å². The second-order valence-corrected chi connectivity index (χ2v) is 10.9. The summed E-state index contributed by atoms with van der Waals surface area (Å²) in [6.07, 6.45) is 18.0. The van der Waals surface area contributed by atoms with Gasteiger partial charge in [0.05, 0.1) is 12.0 Å². The summed E-state index contributed by atoms with van der Waals surface area (Å²) in [5, 5.41) is 21.9. The summed E-state index contributed by atoms with van der Waals surface area (Å²) in [6.45, 7) is 4.86. The fourth-order valence-electron chi connectivity index (χ4n) is 8.09. The molecule has 5 radical (unpaired) electrons. The molecule has 5 aliphatic carbocycles. The van der Waals surface area contributed by atoms with E-state index in [9.17, 15) is 10.2 Å². The highest BCUT2D eigenvalue weighted by molar-refractivity contribution is 5.48. The monoisotopic (exact) mass is 379 g/mol. The van der Waals surface area contributed by atoms with Crippen molar-refractivity contribution in [3.8, 4) is 11.8 Å². The van der Waals surface area contributed by atoms with Gasteiger partial charge in [0, 0.05) is 5.41 Å². The summed E-state index contributed by atoms with van der Waals surface area (Å²) in [5.41, 5.74) is -0.531. The van der Waals surface area contributed by atoms with Crippen molar-refractivity contribution >= 4 is 0 Å². The third-order valence-electron chi connectivity index (χ3n) is 9.87. The van der Waals surface area contributed by atoms with Gasteiger partial charge in [-0.15, -0.1) is 0 Å². The maximum Gasteiger partial charge on any atom is 0.131 e. The van der Waals surface area contributed by atoms with E-state index in [2.05, 4.69) is 25.7 Å². The second-order valence-electron chi connectivity index (χ2n) is 10.9. The molecule has 5 fully saturated rings. The van der Waals surface area contributed by atoms with Gasteiger partial charge in [0.25, 0.3) is 0 Å². The van der Waals surface area contributed by atoms with Crippen LogP contribution in [0, 0.1) is 77.9 Å². The molecule has 2 N–H and O–H groups in total. The lowest BCUT2D eigenvalue weighted by atomic mass is 9.44. The zero-order chi connectivity index (χ0) is 19.6. The topological polar surface area (TPSA) is 40.5 Å². The third kappa shape index (κ3) is 2.75. The molecule has 0 aromatic carbocycles. The molecule has 8 atom stereocenters. The van der Waals surface area contributed by atoms with Crippen molar-refractivity contribution in [1.29, 1.82) is 0 Å². The first-order valence-electron chi connectivity index (χ1n) is 11.5. The van der Waals surface area contributed by atoms with Gasteiger partial charge < -0.3 is 10.2 Å². The smallest absolute Gasteiger partial charge is 0.131 e. The molecule has 0 bridgehead atoms. The van der Waals surface area contributed by atoms with Gasteiger partial charge in [-0.2, -0.15) is 0 Å². The SMILES string of the molecule is C[C@]12CC[C@H](O)C[C@@H]1CC[C@@H]1[C@@H]2CC[C@@]2(C)[C@H]1CC[C@@]2(O)C#C[C]1[CH][CH][CH][CH]1.